The summed E-state index contributed by atoms with van der Waals surface area (Å²) in [6.07, 6.45) is 12.1. The van der Waals surface area contributed by atoms with E-state index >= 15 is 0 Å². The van der Waals surface area contributed by atoms with Crippen LogP contribution in [0.5, 0.6) is 0 Å². The van der Waals surface area contributed by atoms with Gasteiger partial charge >= 0.3 is 0 Å². The Morgan fingerprint density at radius 3 is 2.60 bits per heavy atom. The highest BCUT2D eigenvalue weighted by Crippen LogP contribution is 2.43. The molecule has 1 unspecified atom stereocenters. The SMILES string of the molecule is C=C(CC1=CCCC1(O)C1=CCCCC1)C[Si](C)(C)C. The van der Waals surface area contributed by atoms with Crippen molar-refractivity contribution in [1.29, 1.82) is 0 Å². The molecule has 0 fully saturated rings. The molecule has 0 aromatic rings. The molecular formula is C18H30OSi. The largest absolute Gasteiger partial charge is 0.381 e. The zero-order valence-electron chi connectivity index (χ0n) is 13.5. The third-order valence-corrected chi connectivity index (χ3v) is 6.03. The highest BCUT2D eigenvalue weighted by molar-refractivity contribution is 6.76. The van der Waals surface area contributed by atoms with E-state index in [4.69, 9.17) is 0 Å². The van der Waals surface area contributed by atoms with Crippen molar-refractivity contribution in [3.63, 3.8) is 0 Å². The molecule has 1 atom stereocenters. The third-order valence-electron chi connectivity index (χ3n) is 4.47. The molecule has 112 valence electrons. The summed E-state index contributed by atoms with van der Waals surface area (Å²) in [5.41, 5.74) is 3.19. The van der Waals surface area contributed by atoms with E-state index in [1.54, 1.807) is 0 Å². The molecule has 20 heavy (non-hydrogen) atoms. The first-order chi connectivity index (χ1) is 9.31. The fourth-order valence-corrected chi connectivity index (χ4v) is 5.29. The van der Waals surface area contributed by atoms with Gasteiger partial charge in [-0.25, -0.2) is 0 Å². The highest BCUT2D eigenvalue weighted by atomic mass is 28.3. The van der Waals surface area contributed by atoms with Crippen molar-refractivity contribution in [2.24, 2.45) is 0 Å². The van der Waals surface area contributed by atoms with Gasteiger partial charge in [-0.3, -0.25) is 0 Å². The molecule has 0 aromatic carbocycles. The Balaban J connectivity index is 2.07. The van der Waals surface area contributed by atoms with Crippen LogP contribution in [0.3, 0.4) is 0 Å². The summed E-state index contributed by atoms with van der Waals surface area (Å²) in [7, 11) is -1.10. The number of rotatable bonds is 5. The summed E-state index contributed by atoms with van der Waals surface area (Å²) in [5, 5.41) is 11.2. The summed E-state index contributed by atoms with van der Waals surface area (Å²) in [5.74, 6) is 0. The third kappa shape index (κ3) is 3.73. The second kappa shape index (κ2) is 6.03. The minimum Gasteiger partial charge on any atom is -0.381 e. The van der Waals surface area contributed by atoms with E-state index in [0.29, 0.717) is 0 Å². The van der Waals surface area contributed by atoms with Crippen LogP contribution in [0.4, 0.5) is 0 Å². The van der Waals surface area contributed by atoms with Crippen LogP contribution < -0.4 is 0 Å². The van der Waals surface area contributed by atoms with Gasteiger partial charge in [0.1, 0.15) is 5.60 Å². The minimum atomic E-state index is -1.10. The second-order valence-electron chi connectivity index (χ2n) is 7.77. The molecule has 0 spiro atoms. The maximum atomic E-state index is 11.2. The molecule has 1 N–H and O–H groups in total. The van der Waals surface area contributed by atoms with Crippen LogP contribution in [-0.2, 0) is 0 Å². The average Bonchev–Trinajstić information content (AvgIpc) is 2.71. The van der Waals surface area contributed by atoms with Crippen molar-refractivity contribution >= 4 is 8.07 Å². The highest BCUT2D eigenvalue weighted by Gasteiger charge is 2.38. The molecule has 1 nitrogen and oxygen atoms in total. The standard InChI is InChI=1S/C18H30OSi/c1-15(14-20(2,3)4)13-17-11-8-12-18(17,19)16-9-6-5-7-10-16/h9,11,19H,1,5-8,10,12-14H2,2-4H3. The van der Waals surface area contributed by atoms with Gasteiger partial charge < -0.3 is 5.11 Å². The molecule has 2 heteroatoms. The summed E-state index contributed by atoms with van der Waals surface area (Å²) in [6, 6.07) is 1.17. The number of aliphatic hydroxyl groups is 1. The molecule has 0 amide bonds. The van der Waals surface area contributed by atoms with E-state index < -0.39 is 13.7 Å². The molecule has 0 saturated heterocycles. The molecule has 0 saturated carbocycles. The molecular weight excluding hydrogens is 260 g/mol. The van der Waals surface area contributed by atoms with Crippen LogP contribution in [-0.4, -0.2) is 18.8 Å². The molecule has 0 aliphatic heterocycles. The monoisotopic (exact) mass is 290 g/mol. The molecule has 2 aliphatic carbocycles. The van der Waals surface area contributed by atoms with Crippen LogP contribution in [0.1, 0.15) is 44.9 Å². The van der Waals surface area contributed by atoms with E-state index in [2.05, 4.69) is 38.4 Å². The molecule has 0 aromatic heterocycles. The van der Waals surface area contributed by atoms with Gasteiger partial charge in [-0.1, -0.05) is 43.9 Å². The zero-order valence-corrected chi connectivity index (χ0v) is 14.5. The van der Waals surface area contributed by atoms with Crippen molar-refractivity contribution in [1.82, 2.24) is 0 Å². The van der Waals surface area contributed by atoms with E-state index in [1.165, 1.54) is 35.6 Å². The number of allylic oxidation sites excluding steroid dienone is 3. The van der Waals surface area contributed by atoms with Crippen LogP contribution in [0.2, 0.25) is 25.7 Å². The first-order valence-corrected chi connectivity index (χ1v) is 11.8. The van der Waals surface area contributed by atoms with Gasteiger partial charge in [-0.05, 0) is 62.1 Å². The van der Waals surface area contributed by atoms with Crippen LogP contribution in [0.15, 0.2) is 35.5 Å². The van der Waals surface area contributed by atoms with Crippen LogP contribution in [0.25, 0.3) is 0 Å². The fourth-order valence-electron chi connectivity index (χ4n) is 3.67. The second-order valence-corrected chi connectivity index (χ2v) is 13.2. The van der Waals surface area contributed by atoms with Crippen molar-refractivity contribution in [3.05, 3.63) is 35.5 Å². The number of hydrogen-bond donors (Lipinski definition) is 1. The van der Waals surface area contributed by atoms with E-state index in [1.807, 2.05) is 0 Å². The maximum absolute atomic E-state index is 11.2. The molecule has 0 heterocycles. The summed E-state index contributed by atoms with van der Waals surface area (Å²) in [4.78, 5) is 0. The maximum Gasteiger partial charge on any atom is 0.107 e. The van der Waals surface area contributed by atoms with Crippen molar-refractivity contribution in [3.8, 4) is 0 Å². The first kappa shape index (κ1) is 15.8. The molecule has 0 radical (unpaired) electrons. The number of hydrogen-bond acceptors (Lipinski definition) is 1. The van der Waals surface area contributed by atoms with E-state index in [0.717, 1.165) is 32.1 Å². The Morgan fingerprint density at radius 2 is 2.00 bits per heavy atom. The Kier molecular flexibility index (Phi) is 4.75. The molecule has 0 bridgehead atoms. The van der Waals surface area contributed by atoms with Crippen molar-refractivity contribution < 1.29 is 5.11 Å². The fraction of sp³-hybridized carbons (Fsp3) is 0.667. The van der Waals surface area contributed by atoms with Gasteiger partial charge in [0.2, 0.25) is 0 Å². The zero-order chi connectivity index (χ0) is 14.8. The quantitative estimate of drug-likeness (QED) is 0.543. The Morgan fingerprint density at radius 1 is 1.25 bits per heavy atom. The van der Waals surface area contributed by atoms with Crippen molar-refractivity contribution in [2.45, 2.75) is 76.2 Å². The Bertz CT molecular complexity index is 439. The minimum absolute atomic E-state index is 0.636. The van der Waals surface area contributed by atoms with Gasteiger partial charge in [0, 0.05) is 8.07 Å². The van der Waals surface area contributed by atoms with Gasteiger partial charge in [0.15, 0.2) is 0 Å². The predicted octanol–water partition coefficient (Wildman–Crippen LogP) is 5.22. The predicted molar refractivity (Wildman–Crippen MR) is 90.7 cm³/mol. The summed E-state index contributed by atoms with van der Waals surface area (Å²) >= 11 is 0. The van der Waals surface area contributed by atoms with Gasteiger partial charge in [-0.2, -0.15) is 0 Å². The normalized spacial score (nSPS) is 27.2. The van der Waals surface area contributed by atoms with Crippen molar-refractivity contribution in [2.75, 3.05) is 0 Å². The Hall–Kier alpha value is -0.603. The average molecular weight is 291 g/mol. The lowest BCUT2D eigenvalue weighted by atomic mass is 9.79. The molecule has 2 aliphatic rings. The van der Waals surface area contributed by atoms with E-state index in [-0.39, 0.29) is 0 Å². The lowest BCUT2D eigenvalue weighted by molar-refractivity contribution is 0.109. The van der Waals surface area contributed by atoms with Gasteiger partial charge in [-0.15, -0.1) is 0 Å². The Labute approximate surface area is 125 Å². The lowest BCUT2D eigenvalue weighted by Gasteiger charge is -2.33. The lowest BCUT2D eigenvalue weighted by Crippen LogP contribution is -2.32. The topological polar surface area (TPSA) is 20.2 Å². The van der Waals surface area contributed by atoms with E-state index in [9.17, 15) is 5.11 Å². The van der Waals surface area contributed by atoms with Crippen LogP contribution >= 0.6 is 0 Å². The van der Waals surface area contributed by atoms with Gasteiger partial charge in [0.05, 0.1) is 0 Å². The summed E-state index contributed by atoms with van der Waals surface area (Å²) < 4.78 is 0. The smallest absolute Gasteiger partial charge is 0.107 e. The summed E-state index contributed by atoms with van der Waals surface area (Å²) in [6.45, 7) is 11.4. The first-order valence-electron chi connectivity index (χ1n) is 8.09. The van der Waals surface area contributed by atoms with Gasteiger partial charge in [0.25, 0.3) is 0 Å². The van der Waals surface area contributed by atoms with Crippen LogP contribution in [0, 0.1) is 0 Å². The molecule has 2 rings (SSSR count).